The van der Waals surface area contributed by atoms with E-state index in [2.05, 4.69) is 17.0 Å². The molecule has 0 spiro atoms. The molecular weight excluding hydrogens is 246 g/mol. The summed E-state index contributed by atoms with van der Waals surface area (Å²) in [5, 5.41) is 0. The molecule has 3 aliphatic heterocycles. The van der Waals surface area contributed by atoms with Crippen LogP contribution in [0.3, 0.4) is 0 Å². The van der Waals surface area contributed by atoms with Crippen LogP contribution in [0.4, 0.5) is 0 Å². The first-order valence-electron chi connectivity index (χ1n) is 6.48. The minimum absolute atomic E-state index is 0.0588. The van der Waals surface area contributed by atoms with E-state index in [0.29, 0.717) is 13.2 Å². The maximum atomic E-state index is 6.19. The van der Waals surface area contributed by atoms with Gasteiger partial charge in [0.25, 0.3) is 0 Å². The summed E-state index contributed by atoms with van der Waals surface area (Å²) in [6.07, 6.45) is 0.0588. The van der Waals surface area contributed by atoms with E-state index in [4.69, 9.17) is 13.3 Å². The Morgan fingerprint density at radius 3 is 2.44 bits per heavy atom. The fourth-order valence-electron chi connectivity index (χ4n) is 2.50. The molecule has 5 heteroatoms. The predicted octanol–water partition coefficient (Wildman–Crippen LogP) is 1.68. The topological polar surface area (TPSA) is 30.9 Å². The van der Waals surface area contributed by atoms with E-state index in [1.165, 1.54) is 5.56 Å². The molecule has 0 saturated carbocycles. The Hall–Kier alpha value is -0.723. The van der Waals surface area contributed by atoms with Crippen molar-refractivity contribution >= 4 is 8.80 Å². The van der Waals surface area contributed by atoms with Crippen LogP contribution in [0, 0.1) is 0 Å². The average molecular weight is 265 g/mol. The molecule has 1 aromatic rings. The molecule has 1 atom stereocenters. The van der Waals surface area contributed by atoms with E-state index in [-0.39, 0.29) is 6.10 Å². The zero-order chi connectivity index (χ0) is 12.4. The number of benzene rings is 1. The van der Waals surface area contributed by atoms with E-state index >= 15 is 0 Å². The summed E-state index contributed by atoms with van der Waals surface area (Å²) in [7, 11) is -2.45. The summed E-state index contributed by atoms with van der Waals surface area (Å²) in [5.41, 5.74) is 1.21. The molecule has 3 saturated heterocycles. The molecular formula is C13H19NO3Si. The second-order valence-corrected chi connectivity index (χ2v) is 7.41. The Kier molecular flexibility index (Phi) is 3.49. The lowest BCUT2D eigenvalue weighted by Gasteiger charge is -2.40. The van der Waals surface area contributed by atoms with E-state index in [0.717, 1.165) is 19.6 Å². The lowest BCUT2D eigenvalue weighted by molar-refractivity contribution is -0.0381. The Bertz CT molecular complexity index is 390. The van der Waals surface area contributed by atoms with Crippen molar-refractivity contribution in [3.63, 3.8) is 0 Å². The molecule has 1 aromatic carbocycles. The van der Waals surface area contributed by atoms with Crippen LogP contribution < -0.4 is 0 Å². The zero-order valence-corrected chi connectivity index (χ0v) is 11.7. The summed E-state index contributed by atoms with van der Waals surface area (Å²) in [5.74, 6) is 0. The second kappa shape index (κ2) is 5.11. The normalized spacial score (nSPS) is 36.7. The van der Waals surface area contributed by atoms with Crippen molar-refractivity contribution < 1.29 is 13.3 Å². The first kappa shape index (κ1) is 12.3. The highest BCUT2D eigenvalue weighted by Crippen LogP contribution is 2.28. The van der Waals surface area contributed by atoms with Gasteiger partial charge in [-0.2, -0.15) is 0 Å². The zero-order valence-electron chi connectivity index (χ0n) is 10.7. The molecule has 3 heterocycles. The summed E-state index contributed by atoms with van der Waals surface area (Å²) in [6.45, 7) is 6.30. The van der Waals surface area contributed by atoms with Gasteiger partial charge in [-0.05, 0) is 5.56 Å². The monoisotopic (exact) mass is 265 g/mol. The summed E-state index contributed by atoms with van der Waals surface area (Å²) < 4.78 is 17.9. The highest BCUT2D eigenvalue weighted by Gasteiger charge is 2.42. The standard InChI is InChI=1S/C13H19NO3Si/c1-18-15-9-7-14(8-10-16-18)11-13(17-18)12-5-3-2-4-6-12/h2-6,13H,7-11H2,1H3. The Balaban J connectivity index is 1.86. The van der Waals surface area contributed by atoms with Crippen LogP contribution in [-0.4, -0.2) is 46.6 Å². The van der Waals surface area contributed by atoms with Crippen LogP contribution in [0.5, 0.6) is 0 Å². The molecule has 2 bridgehead atoms. The third-order valence-corrected chi connectivity index (χ3v) is 5.66. The fraction of sp³-hybridized carbons (Fsp3) is 0.538. The number of hydrogen-bond acceptors (Lipinski definition) is 4. The Labute approximate surface area is 109 Å². The molecule has 0 N–H and O–H groups in total. The fourth-order valence-corrected chi connectivity index (χ4v) is 4.37. The third-order valence-electron chi connectivity index (χ3n) is 3.50. The van der Waals surface area contributed by atoms with E-state index in [1.807, 2.05) is 24.7 Å². The predicted molar refractivity (Wildman–Crippen MR) is 70.2 cm³/mol. The molecule has 3 aliphatic rings. The van der Waals surface area contributed by atoms with Crippen molar-refractivity contribution in [2.45, 2.75) is 12.7 Å². The smallest absolute Gasteiger partial charge is 0.372 e. The second-order valence-electron chi connectivity index (χ2n) is 4.88. The van der Waals surface area contributed by atoms with Crippen LogP contribution in [0.2, 0.25) is 6.55 Å². The summed E-state index contributed by atoms with van der Waals surface area (Å²) >= 11 is 0. The van der Waals surface area contributed by atoms with Gasteiger partial charge in [0.1, 0.15) is 0 Å². The lowest BCUT2D eigenvalue weighted by atomic mass is 10.1. The van der Waals surface area contributed by atoms with Crippen molar-refractivity contribution in [3.05, 3.63) is 35.9 Å². The van der Waals surface area contributed by atoms with Crippen LogP contribution in [0.1, 0.15) is 11.7 Å². The molecule has 0 aromatic heterocycles. The van der Waals surface area contributed by atoms with Crippen molar-refractivity contribution in [1.29, 1.82) is 0 Å². The molecule has 0 aliphatic carbocycles. The van der Waals surface area contributed by atoms with Gasteiger partial charge in [0.2, 0.25) is 0 Å². The molecule has 0 radical (unpaired) electrons. The number of fused-ring (bicyclic) bond motifs is 6. The van der Waals surface area contributed by atoms with Crippen LogP contribution >= 0.6 is 0 Å². The largest absolute Gasteiger partial charge is 0.498 e. The number of rotatable bonds is 1. The van der Waals surface area contributed by atoms with Crippen molar-refractivity contribution in [1.82, 2.24) is 4.90 Å². The maximum Gasteiger partial charge on any atom is 0.498 e. The lowest BCUT2D eigenvalue weighted by Crippen LogP contribution is -2.54. The SMILES string of the molecule is C[Si]12OCCN(CCO1)CC(c1ccccc1)O2. The molecule has 3 fully saturated rings. The quantitative estimate of drug-likeness (QED) is 0.723. The van der Waals surface area contributed by atoms with Crippen LogP contribution in [-0.2, 0) is 13.3 Å². The van der Waals surface area contributed by atoms with Gasteiger partial charge in [0.05, 0.1) is 19.3 Å². The van der Waals surface area contributed by atoms with Crippen molar-refractivity contribution in [2.75, 3.05) is 32.8 Å². The van der Waals surface area contributed by atoms with Gasteiger partial charge in [0.15, 0.2) is 0 Å². The molecule has 0 amide bonds. The van der Waals surface area contributed by atoms with Crippen LogP contribution in [0.25, 0.3) is 0 Å². The summed E-state index contributed by atoms with van der Waals surface area (Å²) in [4.78, 5) is 2.35. The van der Waals surface area contributed by atoms with E-state index < -0.39 is 8.80 Å². The number of hydrogen-bond donors (Lipinski definition) is 0. The van der Waals surface area contributed by atoms with Crippen molar-refractivity contribution in [2.24, 2.45) is 0 Å². The molecule has 1 unspecified atom stereocenters. The minimum atomic E-state index is -2.45. The Morgan fingerprint density at radius 2 is 1.78 bits per heavy atom. The van der Waals surface area contributed by atoms with Crippen LogP contribution in [0.15, 0.2) is 30.3 Å². The highest BCUT2D eigenvalue weighted by molar-refractivity contribution is 6.59. The minimum Gasteiger partial charge on any atom is -0.372 e. The van der Waals surface area contributed by atoms with Gasteiger partial charge in [0, 0.05) is 26.2 Å². The maximum absolute atomic E-state index is 6.19. The average Bonchev–Trinajstić information content (AvgIpc) is 2.33. The first-order chi connectivity index (χ1) is 8.75. The third kappa shape index (κ3) is 2.65. The van der Waals surface area contributed by atoms with Gasteiger partial charge in [-0.1, -0.05) is 30.3 Å². The molecule has 18 heavy (non-hydrogen) atoms. The molecule has 98 valence electrons. The first-order valence-corrected chi connectivity index (χ1v) is 8.71. The Morgan fingerprint density at radius 1 is 1.11 bits per heavy atom. The van der Waals surface area contributed by atoms with Gasteiger partial charge >= 0.3 is 8.80 Å². The summed E-state index contributed by atoms with van der Waals surface area (Å²) in [6, 6.07) is 10.4. The van der Waals surface area contributed by atoms with Gasteiger partial charge in [-0.25, -0.2) is 0 Å². The van der Waals surface area contributed by atoms with E-state index in [1.54, 1.807) is 0 Å². The van der Waals surface area contributed by atoms with Crippen molar-refractivity contribution in [3.8, 4) is 0 Å². The van der Waals surface area contributed by atoms with Gasteiger partial charge in [-0.15, -0.1) is 0 Å². The van der Waals surface area contributed by atoms with E-state index in [9.17, 15) is 0 Å². The highest BCUT2D eigenvalue weighted by atomic mass is 28.4. The number of nitrogens with zero attached hydrogens (tertiary/aromatic N) is 1. The molecule has 4 nitrogen and oxygen atoms in total. The van der Waals surface area contributed by atoms with Gasteiger partial charge < -0.3 is 13.3 Å². The van der Waals surface area contributed by atoms with Gasteiger partial charge in [-0.3, -0.25) is 4.90 Å². The molecule has 4 rings (SSSR count).